The van der Waals surface area contributed by atoms with Gasteiger partial charge in [-0.1, -0.05) is 6.07 Å². The second kappa shape index (κ2) is 2.98. The highest BCUT2D eigenvalue weighted by Crippen LogP contribution is 2.20. The standard InChI is InChI=1S/C8H12N2O/c1-8(2,11-9)7-4-3-5-10-6-7/h3-6H,9H2,1-2H3. The molecule has 0 saturated carbocycles. The van der Waals surface area contributed by atoms with Gasteiger partial charge in [-0.2, -0.15) is 0 Å². The zero-order valence-corrected chi connectivity index (χ0v) is 6.74. The van der Waals surface area contributed by atoms with Crippen molar-refractivity contribution in [2.24, 2.45) is 5.90 Å². The molecule has 1 heterocycles. The molecule has 1 aromatic heterocycles. The van der Waals surface area contributed by atoms with Gasteiger partial charge in [0.25, 0.3) is 0 Å². The lowest BCUT2D eigenvalue weighted by Crippen LogP contribution is -2.25. The number of nitrogens with zero attached hydrogens (tertiary/aromatic N) is 1. The molecule has 0 saturated heterocycles. The first-order valence-electron chi connectivity index (χ1n) is 3.45. The summed E-state index contributed by atoms with van der Waals surface area (Å²) in [7, 11) is 0. The first-order chi connectivity index (χ1) is 5.17. The molecule has 1 rings (SSSR count). The summed E-state index contributed by atoms with van der Waals surface area (Å²) in [4.78, 5) is 8.75. The number of hydrogen-bond acceptors (Lipinski definition) is 3. The Labute approximate surface area is 66.2 Å². The van der Waals surface area contributed by atoms with Crippen molar-refractivity contribution in [2.45, 2.75) is 19.4 Å². The predicted octanol–water partition coefficient (Wildman–Crippen LogP) is 1.21. The van der Waals surface area contributed by atoms with Crippen LogP contribution in [0.5, 0.6) is 0 Å². The van der Waals surface area contributed by atoms with Gasteiger partial charge in [-0.15, -0.1) is 0 Å². The van der Waals surface area contributed by atoms with E-state index >= 15 is 0 Å². The molecule has 0 aliphatic carbocycles. The highest BCUT2D eigenvalue weighted by Gasteiger charge is 2.19. The minimum Gasteiger partial charge on any atom is -0.294 e. The van der Waals surface area contributed by atoms with Gasteiger partial charge in [-0.05, 0) is 19.9 Å². The van der Waals surface area contributed by atoms with Crippen molar-refractivity contribution in [2.75, 3.05) is 0 Å². The molecule has 60 valence electrons. The summed E-state index contributed by atoms with van der Waals surface area (Å²) >= 11 is 0. The van der Waals surface area contributed by atoms with E-state index in [4.69, 9.17) is 10.7 Å². The molecule has 0 aliphatic rings. The Balaban J connectivity index is 2.93. The first-order valence-corrected chi connectivity index (χ1v) is 3.45. The van der Waals surface area contributed by atoms with E-state index in [2.05, 4.69) is 4.98 Å². The largest absolute Gasteiger partial charge is 0.294 e. The molecule has 0 atom stereocenters. The van der Waals surface area contributed by atoms with Gasteiger partial charge in [0, 0.05) is 18.0 Å². The lowest BCUT2D eigenvalue weighted by molar-refractivity contribution is -0.0238. The third-order valence-corrected chi connectivity index (χ3v) is 1.65. The van der Waals surface area contributed by atoms with Crippen LogP contribution in [0.15, 0.2) is 24.5 Å². The SMILES string of the molecule is CC(C)(ON)c1cccnc1. The van der Waals surface area contributed by atoms with Gasteiger partial charge in [0.2, 0.25) is 0 Å². The van der Waals surface area contributed by atoms with Crippen molar-refractivity contribution < 1.29 is 4.84 Å². The fourth-order valence-electron chi connectivity index (χ4n) is 0.787. The summed E-state index contributed by atoms with van der Waals surface area (Å²) in [6.45, 7) is 3.79. The lowest BCUT2D eigenvalue weighted by Gasteiger charge is -2.21. The van der Waals surface area contributed by atoms with Crippen LogP contribution in [0.1, 0.15) is 19.4 Å². The van der Waals surface area contributed by atoms with Gasteiger partial charge in [0.1, 0.15) is 5.60 Å². The summed E-state index contributed by atoms with van der Waals surface area (Å²) in [5.74, 6) is 5.11. The van der Waals surface area contributed by atoms with E-state index in [1.54, 1.807) is 12.4 Å². The Kier molecular flexibility index (Phi) is 2.22. The maximum absolute atomic E-state index is 5.11. The summed E-state index contributed by atoms with van der Waals surface area (Å²) < 4.78 is 0. The molecule has 0 amide bonds. The van der Waals surface area contributed by atoms with Crippen molar-refractivity contribution in [3.05, 3.63) is 30.1 Å². The molecule has 11 heavy (non-hydrogen) atoms. The maximum Gasteiger partial charge on any atom is 0.110 e. The molecule has 3 nitrogen and oxygen atoms in total. The molecule has 0 aromatic carbocycles. The third kappa shape index (κ3) is 1.76. The number of aromatic nitrogens is 1. The van der Waals surface area contributed by atoms with Crippen LogP contribution in [0.3, 0.4) is 0 Å². The number of nitrogens with two attached hydrogens (primary N) is 1. The maximum atomic E-state index is 5.11. The minimum atomic E-state index is -0.450. The average Bonchev–Trinajstić information content (AvgIpc) is 2.06. The second-order valence-corrected chi connectivity index (χ2v) is 2.87. The van der Waals surface area contributed by atoms with Gasteiger partial charge in [0.05, 0.1) is 0 Å². The third-order valence-electron chi connectivity index (χ3n) is 1.65. The summed E-state index contributed by atoms with van der Waals surface area (Å²) in [5.41, 5.74) is 0.524. The van der Waals surface area contributed by atoms with Gasteiger partial charge in [-0.3, -0.25) is 9.82 Å². The minimum absolute atomic E-state index is 0.450. The van der Waals surface area contributed by atoms with Gasteiger partial charge in [-0.25, -0.2) is 5.90 Å². The van der Waals surface area contributed by atoms with Gasteiger partial charge < -0.3 is 0 Å². The number of hydrogen-bond donors (Lipinski definition) is 1. The molecule has 0 aliphatic heterocycles. The molecule has 0 fully saturated rings. The monoisotopic (exact) mass is 152 g/mol. The second-order valence-electron chi connectivity index (χ2n) is 2.87. The van der Waals surface area contributed by atoms with Gasteiger partial charge in [0.15, 0.2) is 0 Å². The van der Waals surface area contributed by atoms with Gasteiger partial charge >= 0.3 is 0 Å². The highest BCUT2D eigenvalue weighted by atomic mass is 16.6. The topological polar surface area (TPSA) is 48.1 Å². The van der Waals surface area contributed by atoms with Crippen LogP contribution in [-0.4, -0.2) is 4.98 Å². The van der Waals surface area contributed by atoms with Crippen LogP contribution in [0, 0.1) is 0 Å². The molecule has 1 aromatic rings. The van der Waals surface area contributed by atoms with Crippen LogP contribution in [-0.2, 0) is 10.4 Å². The molecule has 0 spiro atoms. The van der Waals surface area contributed by atoms with E-state index in [0.717, 1.165) is 5.56 Å². The van der Waals surface area contributed by atoms with Crippen LogP contribution >= 0.6 is 0 Å². The summed E-state index contributed by atoms with van der Waals surface area (Å²) in [6, 6.07) is 3.79. The molecule has 0 bridgehead atoms. The van der Waals surface area contributed by atoms with Crippen LogP contribution in [0.2, 0.25) is 0 Å². The van der Waals surface area contributed by atoms with E-state index in [1.165, 1.54) is 0 Å². The lowest BCUT2D eigenvalue weighted by atomic mass is 10.0. The number of rotatable bonds is 2. The van der Waals surface area contributed by atoms with Crippen molar-refractivity contribution in [1.82, 2.24) is 4.98 Å². The van der Waals surface area contributed by atoms with E-state index in [-0.39, 0.29) is 0 Å². The molecule has 0 radical (unpaired) electrons. The Morgan fingerprint density at radius 1 is 1.55 bits per heavy atom. The fraction of sp³-hybridized carbons (Fsp3) is 0.375. The van der Waals surface area contributed by atoms with Crippen molar-refractivity contribution in [3.63, 3.8) is 0 Å². The van der Waals surface area contributed by atoms with E-state index in [1.807, 2.05) is 26.0 Å². The van der Waals surface area contributed by atoms with Crippen LogP contribution in [0.25, 0.3) is 0 Å². The van der Waals surface area contributed by atoms with Crippen LogP contribution < -0.4 is 5.90 Å². The Hall–Kier alpha value is -0.930. The zero-order chi connectivity index (χ0) is 8.32. The van der Waals surface area contributed by atoms with E-state index in [0.29, 0.717) is 0 Å². The predicted molar refractivity (Wildman–Crippen MR) is 42.5 cm³/mol. The van der Waals surface area contributed by atoms with E-state index < -0.39 is 5.60 Å². The molecule has 0 unspecified atom stereocenters. The first kappa shape index (κ1) is 8.17. The summed E-state index contributed by atoms with van der Waals surface area (Å²) in [5, 5.41) is 0. The summed E-state index contributed by atoms with van der Waals surface area (Å²) in [6.07, 6.45) is 3.46. The zero-order valence-electron chi connectivity index (χ0n) is 6.74. The normalized spacial score (nSPS) is 11.5. The quantitative estimate of drug-likeness (QED) is 0.648. The molecule has 3 heteroatoms. The van der Waals surface area contributed by atoms with Crippen LogP contribution in [0.4, 0.5) is 0 Å². The highest BCUT2D eigenvalue weighted by molar-refractivity contribution is 5.15. The molecular weight excluding hydrogens is 140 g/mol. The Morgan fingerprint density at radius 2 is 2.27 bits per heavy atom. The fourth-order valence-corrected chi connectivity index (χ4v) is 0.787. The van der Waals surface area contributed by atoms with Crippen molar-refractivity contribution >= 4 is 0 Å². The van der Waals surface area contributed by atoms with E-state index in [9.17, 15) is 0 Å². The smallest absolute Gasteiger partial charge is 0.110 e. The van der Waals surface area contributed by atoms with Crippen molar-refractivity contribution in [1.29, 1.82) is 0 Å². The molecule has 2 N–H and O–H groups in total. The number of pyridine rings is 1. The average molecular weight is 152 g/mol. The molecular formula is C8H12N2O. The van der Waals surface area contributed by atoms with Crippen molar-refractivity contribution in [3.8, 4) is 0 Å². The Morgan fingerprint density at radius 3 is 2.73 bits per heavy atom. The Bertz CT molecular complexity index is 221.